The molecule has 1 N–H and O–H groups in total. The number of benzene rings is 1. The number of pyridine rings is 1. The highest BCUT2D eigenvalue weighted by Crippen LogP contribution is 2.37. The number of aromatic nitrogens is 2. The van der Waals surface area contributed by atoms with Crippen LogP contribution >= 0.6 is 0 Å². The van der Waals surface area contributed by atoms with E-state index in [1.807, 2.05) is 6.20 Å². The van der Waals surface area contributed by atoms with E-state index in [0.717, 1.165) is 19.4 Å². The highest BCUT2D eigenvalue weighted by molar-refractivity contribution is 5.88. The van der Waals surface area contributed by atoms with Crippen molar-refractivity contribution >= 4 is 16.6 Å². The van der Waals surface area contributed by atoms with Crippen molar-refractivity contribution in [3.05, 3.63) is 59.0 Å². The molecule has 1 unspecified atom stereocenters. The summed E-state index contributed by atoms with van der Waals surface area (Å²) in [5, 5.41) is 5.09. The van der Waals surface area contributed by atoms with E-state index in [-0.39, 0.29) is 6.04 Å². The van der Waals surface area contributed by atoms with Crippen molar-refractivity contribution in [2.75, 3.05) is 5.32 Å². The number of aryl methyl sites for hydroxylation is 3. The molecular weight excluding hydrogens is 318 g/mol. The molecule has 0 spiro atoms. The van der Waals surface area contributed by atoms with Crippen molar-refractivity contribution in [2.45, 2.75) is 59.5 Å². The minimum Gasteiger partial charge on any atom is -0.376 e. The molecule has 0 saturated carbocycles. The second-order valence-corrected chi connectivity index (χ2v) is 8.03. The zero-order chi connectivity index (χ0) is 18.3. The molecule has 0 amide bonds. The van der Waals surface area contributed by atoms with E-state index in [1.54, 1.807) is 0 Å². The number of rotatable bonds is 4. The largest absolute Gasteiger partial charge is 0.376 e. The summed E-state index contributed by atoms with van der Waals surface area (Å²) in [4.78, 5) is 4.84. The summed E-state index contributed by atoms with van der Waals surface area (Å²) >= 11 is 0. The van der Waals surface area contributed by atoms with E-state index in [0.29, 0.717) is 5.92 Å². The second-order valence-electron chi connectivity index (χ2n) is 8.03. The predicted molar refractivity (Wildman–Crippen MR) is 110 cm³/mol. The van der Waals surface area contributed by atoms with Crippen LogP contribution in [-0.4, -0.2) is 9.55 Å². The summed E-state index contributed by atoms with van der Waals surface area (Å²) < 4.78 is 2.49. The fourth-order valence-corrected chi connectivity index (χ4v) is 4.22. The number of hydrogen-bond acceptors (Lipinski definition) is 2. The van der Waals surface area contributed by atoms with Gasteiger partial charge in [0.15, 0.2) is 0 Å². The number of fused-ring (bicyclic) bond motifs is 2. The quantitative estimate of drug-likeness (QED) is 0.646. The predicted octanol–water partition coefficient (Wildman–Crippen LogP) is 5.80. The van der Waals surface area contributed by atoms with Crippen molar-refractivity contribution < 1.29 is 0 Å². The molecule has 0 aliphatic carbocycles. The first-order valence-corrected chi connectivity index (χ1v) is 9.85. The topological polar surface area (TPSA) is 29.9 Å². The molecule has 1 aliphatic rings. The van der Waals surface area contributed by atoms with Crippen molar-refractivity contribution in [1.29, 1.82) is 0 Å². The van der Waals surface area contributed by atoms with Crippen LogP contribution in [0.25, 0.3) is 10.9 Å². The molecule has 1 aromatic carbocycles. The Labute approximate surface area is 156 Å². The van der Waals surface area contributed by atoms with Crippen LogP contribution in [0, 0.1) is 19.8 Å². The van der Waals surface area contributed by atoms with Gasteiger partial charge < -0.3 is 9.88 Å². The van der Waals surface area contributed by atoms with Gasteiger partial charge >= 0.3 is 0 Å². The molecule has 0 fully saturated rings. The Hall–Kier alpha value is -2.29. The third-order valence-corrected chi connectivity index (χ3v) is 5.88. The molecule has 26 heavy (non-hydrogen) atoms. The average molecular weight is 348 g/mol. The van der Waals surface area contributed by atoms with Gasteiger partial charge in [-0.05, 0) is 62.3 Å². The van der Waals surface area contributed by atoms with Crippen molar-refractivity contribution in [3.8, 4) is 0 Å². The van der Waals surface area contributed by atoms with Crippen molar-refractivity contribution in [1.82, 2.24) is 9.55 Å². The number of hydrogen-bond donors (Lipinski definition) is 1. The van der Waals surface area contributed by atoms with E-state index in [1.165, 1.54) is 45.5 Å². The Balaban J connectivity index is 1.76. The average Bonchev–Trinajstić information content (AvgIpc) is 2.90. The molecule has 2 aromatic heterocycles. The van der Waals surface area contributed by atoms with Crippen LogP contribution < -0.4 is 5.32 Å². The molecule has 0 bridgehead atoms. The number of nitrogens with zero attached hydrogens (tertiary/aromatic N) is 2. The van der Waals surface area contributed by atoms with E-state index >= 15 is 0 Å². The minimum atomic E-state index is 0.285. The molecule has 136 valence electrons. The van der Waals surface area contributed by atoms with Crippen LogP contribution in [0.15, 0.2) is 36.5 Å². The first-order chi connectivity index (χ1) is 12.6. The van der Waals surface area contributed by atoms with Gasteiger partial charge in [-0.1, -0.05) is 32.0 Å². The zero-order valence-corrected chi connectivity index (χ0v) is 16.3. The van der Waals surface area contributed by atoms with Crippen LogP contribution in [0.3, 0.4) is 0 Å². The van der Waals surface area contributed by atoms with Gasteiger partial charge in [0.05, 0.1) is 17.3 Å². The third-order valence-electron chi connectivity index (χ3n) is 5.88. The van der Waals surface area contributed by atoms with Gasteiger partial charge in [-0.2, -0.15) is 0 Å². The molecule has 3 heterocycles. The number of anilines is 1. The van der Waals surface area contributed by atoms with E-state index in [4.69, 9.17) is 4.98 Å². The molecule has 0 radical (unpaired) electrons. The van der Waals surface area contributed by atoms with Gasteiger partial charge in [-0.3, -0.25) is 4.98 Å². The lowest BCUT2D eigenvalue weighted by molar-refractivity contribution is 0.519. The monoisotopic (exact) mass is 347 g/mol. The maximum Gasteiger partial charge on any atom is 0.0722 e. The standard InChI is InChI=1S/C23H29N3/c1-15(2)12-14-26-17(4)16(3)22-21(26)11-13-24-23(22)20-10-9-18-7-5-6-8-19(18)25-20/h5-8,11,13,15,20,25H,9-10,12,14H2,1-4H3. The third kappa shape index (κ3) is 2.90. The Bertz CT molecular complexity index is 936. The lowest BCUT2D eigenvalue weighted by Gasteiger charge is -2.27. The number of para-hydroxylation sites is 1. The van der Waals surface area contributed by atoms with Crippen LogP contribution in [0.4, 0.5) is 5.69 Å². The Kier molecular flexibility index (Phi) is 4.47. The first kappa shape index (κ1) is 17.1. The SMILES string of the molecule is Cc1c(C)n(CCC(C)C)c2ccnc(C3CCc4ccccc4N3)c12. The fourth-order valence-electron chi connectivity index (χ4n) is 4.22. The fraction of sp³-hybridized carbons (Fsp3) is 0.435. The van der Waals surface area contributed by atoms with Crippen LogP contribution in [-0.2, 0) is 13.0 Å². The summed E-state index contributed by atoms with van der Waals surface area (Å²) in [6, 6.07) is 11.1. The van der Waals surface area contributed by atoms with Crippen LogP contribution in [0.2, 0.25) is 0 Å². The molecule has 1 atom stereocenters. The van der Waals surface area contributed by atoms with Crippen LogP contribution in [0.5, 0.6) is 0 Å². The molecular formula is C23H29N3. The molecule has 4 rings (SSSR count). The second kappa shape index (κ2) is 6.79. The van der Waals surface area contributed by atoms with Gasteiger partial charge in [0.1, 0.15) is 0 Å². The molecule has 3 nitrogen and oxygen atoms in total. The normalized spacial score (nSPS) is 16.7. The number of nitrogens with one attached hydrogen (secondary N) is 1. The molecule has 0 saturated heterocycles. The summed E-state index contributed by atoms with van der Waals surface area (Å²) in [5.41, 5.74) is 7.99. The zero-order valence-electron chi connectivity index (χ0n) is 16.3. The minimum absolute atomic E-state index is 0.285. The van der Waals surface area contributed by atoms with Crippen molar-refractivity contribution in [2.24, 2.45) is 5.92 Å². The van der Waals surface area contributed by atoms with Crippen LogP contribution in [0.1, 0.15) is 55.2 Å². The maximum absolute atomic E-state index is 4.84. The summed E-state index contributed by atoms with van der Waals surface area (Å²) in [6.07, 6.45) is 5.40. The van der Waals surface area contributed by atoms with E-state index in [2.05, 4.69) is 67.9 Å². The Morgan fingerprint density at radius 1 is 1.19 bits per heavy atom. The van der Waals surface area contributed by atoms with E-state index < -0.39 is 0 Å². The summed E-state index contributed by atoms with van der Waals surface area (Å²) in [5.74, 6) is 0.713. The van der Waals surface area contributed by atoms with Crippen molar-refractivity contribution in [3.63, 3.8) is 0 Å². The highest BCUT2D eigenvalue weighted by Gasteiger charge is 2.24. The van der Waals surface area contributed by atoms with Gasteiger partial charge in [0, 0.05) is 29.5 Å². The maximum atomic E-state index is 4.84. The van der Waals surface area contributed by atoms with Gasteiger partial charge in [-0.15, -0.1) is 0 Å². The lowest BCUT2D eigenvalue weighted by atomic mass is 9.94. The van der Waals surface area contributed by atoms with E-state index in [9.17, 15) is 0 Å². The van der Waals surface area contributed by atoms with Gasteiger partial charge in [0.2, 0.25) is 0 Å². The van der Waals surface area contributed by atoms with Gasteiger partial charge in [-0.25, -0.2) is 0 Å². The smallest absolute Gasteiger partial charge is 0.0722 e. The summed E-state index contributed by atoms with van der Waals surface area (Å²) in [6.45, 7) is 10.2. The lowest BCUT2D eigenvalue weighted by Crippen LogP contribution is -2.19. The molecule has 3 aromatic rings. The summed E-state index contributed by atoms with van der Waals surface area (Å²) in [7, 11) is 0. The molecule has 3 heteroatoms. The Morgan fingerprint density at radius 3 is 2.81 bits per heavy atom. The first-order valence-electron chi connectivity index (χ1n) is 9.85. The highest BCUT2D eigenvalue weighted by atomic mass is 15.0. The molecule has 1 aliphatic heterocycles. The van der Waals surface area contributed by atoms with Gasteiger partial charge in [0.25, 0.3) is 0 Å². The Morgan fingerprint density at radius 2 is 2.00 bits per heavy atom.